The molecule has 0 spiro atoms. The van der Waals surface area contributed by atoms with Crippen LogP contribution in [0, 0.1) is 11.8 Å². The normalized spacial score (nSPS) is 20.6. The number of nitrogens with zero attached hydrogens (tertiary/aromatic N) is 1. The number of unbranched alkanes of at least 4 members (excludes halogenated alkanes) is 2. The van der Waals surface area contributed by atoms with Crippen LogP contribution in [0.1, 0.15) is 104 Å². The molecule has 228 valence electrons. The standard InChI is InChI=1S/C32H49NO4S.ClH.H2O/c1-7-8-9-11-22(2)24(4)25-20-27(36-31(34)23(3)13-14-33-15-17-35-18-16-33)29-26-12-10-19-38-30(26)32(5,6)37-28(29)21-25;;/h20-24H,7-19H2,1-6H3;1H;1H2. The summed E-state index contributed by atoms with van der Waals surface area (Å²) in [7, 11) is 0. The fraction of sp³-hybridized carbons (Fsp3) is 0.719. The van der Waals surface area contributed by atoms with E-state index in [9.17, 15) is 4.79 Å². The predicted molar refractivity (Wildman–Crippen MR) is 169 cm³/mol. The molecule has 1 aromatic carbocycles. The second-order valence-electron chi connectivity index (χ2n) is 12.1. The van der Waals surface area contributed by atoms with E-state index >= 15 is 0 Å². The van der Waals surface area contributed by atoms with Gasteiger partial charge in [-0.3, -0.25) is 9.69 Å². The van der Waals surface area contributed by atoms with E-state index in [-0.39, 0.29) is 35.4 Å². The van der Waals surface area contributed by atoms with Crippen molar-refractivity contribution in [3.63, 3.8) is 0 Å². The zero-order valence-corrected chi connectivity index (χ0v) is 27.1. The minimum Gasteiger partial charge on any atom is -0.482 e. The Balaban J connectivity index is 0.00000280. The molecular weight excluding hydrogens is 546 g/mol. The minimum absolute atomic E-state index is 0. The van der Waals surface area contributed by atoms with Gasteiger partial charge in [0.15, 0.2) is 0 Å². The number of hydrogen-bond donors (Lipinski definition) is 0. The van der Waals surface area contributed by atoms with Crippen LogP contribution in [0.4, 0.5) is 0 Å². The molecule has 1 aromatic rings. The van der Waals surface area contributed by atoms with E-state index in [1.807, 2.05) is 18.7 Å². The first kappa shape index (κ1) is 34.9. The SMILES string of the molecule is CCCCCC(C)C(C)c1cc(OC(=O)C(C)CCN2CCOCC2)c2c(c1)OC(C)(C)C1=C2CCCS1.Cl.O. The Morgan fingerprint density at radius 3 is 2.55 bits per heavy atom. The maximum atomic E-state index is 13.4. The van der Waals surface area contributed by atoms with E-state index in [1.54, 1.807) is 0 Å². The van der Waals surface area contributed by atoms with Crippen molar-refractivity contribution >= 4 is 35.7 Å². The van der Waals surface area contributed by atoms with E-state index in [2.05, 4.69) is 51.7 Å². The van der Waals surface area contributed by atoms with Crippen LogP contribution in [-0.2, 0) is 9.53 Å². The Labute approximate surface area is 252 Å². The van der Waals surface area contributed by atoms with Crippen molar-refractivity contribution in [1.82, 2.24) is 4.90 Å². The maximum Gasteiger partial charge on any atom is 0.314 e. The Morgan fingerprint density at radius 1 is 1.12 bits per heavy atom. The summed E-state index contributed by atoms with van der Waals surface area (Å²) in [6.45, 7) is 17.6. The van der Waals surface area contributed by atoms with Crippen LogP contribution in [-0.4, -0.2) is 60.5 Å². The van der Waals surface area contributed by atoms with E-state index in [0.29, 0.717) is 17.6 Å². The van der Waals surface area contributed by atoms with Crippen molar-refractivity contribution in [1.29, 1.82) is 0 Å². The van der Waals surface area contributed by atoms with Crippen molar-refractivity contribution in [2.75, 3.05) is 38.6 Å². The molecule has 0 bridgehead atoms. The summed E-state index contributed by atoms with van der Waals surface area (Å²) >= 11 is 1.90. The van der Waals surface area contributed by atoms with Gasteiger partial charge in [-0.2, -0.15) is 0 Å². The van der Waals surface area contributed by atoms with Crippen molar-refractivity contribution < 1.29 is 24.5 Å². The largest absolute Gasteiger partial charge is 0.482 e. The number of ether oxygens (including phenoxy) is 3. The average Bonchev–Trinajstić information content (AvgIpc) is 2.91. The van der Waals surface area contributed by atoms with E-state index < -0.39 is 0 Å². The highest BCUT2D eigenvalue weighted by Gasteiger charge is 2.39. The van der Waals surface area contributed by atoms with Crippen molar-refractivity contribution in [3.8, 4) is 11.5 Å². The molecule has 1 saturated heterocycles. The Kier molecular flexibility index (Phi) is 13.8. The van der Waals surface area contributed by atoms with Crippen LogP contribution < -0.4 is 9.47 Å². The zero-order chi connectivity index (χ0) is 27.3. The number of halogens is 1. The fourth-order valence-electron chi connectivity index (χ4n) is 5.87. The molecule has 3 aliphatic rings. The topological polar surface area (TPSA) is 79.5 Å². The lowest BCUT2D eigenvalue weighted by Crippen LogP contribution is -2.38. The first-order valence-corrected chi connectivity index (χ1v) is 15.9. The summed E-state index contributed by atoms with van der Waals surface area (Å²) in [4.78, 5) is 17.1. The van der Waals surface area contributed by atoms with Gasteiger partial charge in [-0.15, -0.1) is 24.2 Å². The molecule has 6 nitrogen and oxygen atoms in total. The highest BCUT2D eigenvalue weighted by molar-refractivity contribution is 8.03. The molecule has 0 aliphatic carbocycles. The summed E-state index contributed by atoms with van der Waals surface area (Å²) in [6, 6.07) is 4.39. The highest BCUT2D eigenvalue weighted by Crippen LogP contribution is 2.53. The number of hydrogen-bond acceptors (Lipinski definition) is 6. The van der Waals surface area contributed by atoms with Crippen molar-refractivity contribution in [2.24, 2.45) is 11.8 Å². The number of thioether (sulfide) groups is 1. The number of fused-ring (bicyclic) bond motifs is 2. The number of carbonyl (C=O) groups excluding carboxylic acids is 1. The summed E-state index contributed by atoms with van der Waals surface area (Å²) in [6.07, 6.45) is 7.90. The molecule has 4 rings (SSSR count). The van der Waals surface area contributed by atoms with Gasteiger partial charge in [-0.05, 0) is 80.5 Å². The van der Waals surface area contributed by atoms with Crippen LogP contribution in [0.15, 0.2) is 17.0 Å². The zero-order valence-electron chi connectivity index (χ0n) is 25.5. The summed E-state index contributed by atoms with van der Waals surface area (Å²) in [5.74, 6) is 3.28. The van der Waals surface area contributed by atoms with Gasteiger partial charge in [0.1, 0.15) is 17.1 Å². The number of benzene rings is 1. The average molecular weight is 598 g/mol. The van der Waals surface area contributed by atoms with Gasteiger partial charge in [0.05, 0.1) is 24.7 Å². The highest BCUT2D eigenvalue weighted by atomic mass is 35.5. The number of allylic oxidation sites excluding steroid dienone is 1. The van der Waals surface area contributed by atoms with E-state index in [4.69, 9.17) is 14.2 Å². The summed E-state index contributed by atoms with van der Waals surface area (Å²) in [5.41, 5.74) is 3.16. The first-order chi connectivity index (χ1) is 18.2. The van der Waals surface area contributed by atoms with E-state index in [0.717, 1.165) is 69.2 Å². The molecule has 1 fully saturated rings. The minimum atomic E-state index is -0.366. The second kappa shape index (κ2) is 15.8. The molecule has 0 amide bonds. The van der Waals surface area contributed by atoms with Gasteiger partial charge in [0.2, 0.25) is 0 Å². The molecule has 3 atom stereocenters. The Bertz CT molecular complexity index is 1010. The van der Waals surface area contributed by atoms with Crippen LogP contribution in [0.25, 0.3) is 5.57 Å². The lowest BCUT2D eigenvalue weighted by molar-refractivity contribution is -0.138. The number of rotatable bonds is 11. The molecule has 2 N–H and O–H groups in total. The second-order valence-corrected chi connectivity index (χ2v) is 13.2. The predicted octanol–water partition coefficient (Wildman–Crippen LogP) is 7.28. The van der Waals surface area contributed by atoms with Crippen LogP contribution >= 0.6 is 24.2 Å². The smallest absolute Gasteiger partial charge is 0.314 e. The molecule has 3 heterocycles. The van der Waals surface area contributed by atoms with Gasteiger partial charge < -0.3 is 19.7 Å². The van der Waals surface area contributed by atoms with Crippen LogP contribution in [0.5, 0.6) is 11.5 Å². The van der Waals surface area contributed by atoms with Crippen molar-refractivity contribution in [3.05, 3.63) is 28.2 Å². The molecule has 0 saturated carbocycles. The molecule has 3 unspecified atom stereocenters. The first-order valence-electron chi connectivity index (χ1n) is 15.0. The van der Waals surface area contributed by atoms with Gasteiger partial charge in [-0.1, -0.05) is 53.4 Å². The lowest BCUT2D eigenvalue weighted by atomic mass is 9.83. The summed E-state index contributed by atoms with van der Waals surface area (Å²) < 4.78 is 18.4. The van der Waals surface area contributed by atoms with Gasteiger partial charge in [-0.25, -0.2) is 0 Å². The summed E-state index contributed by atoms with van der Waals surface area (Å²) in [5, 5.41) is 0. The van der Waals surface area contributed by atoms with Gasteiger partial charge in [0, 0.05) is 18.0 Å². The quantitative estimate of drug-likeness (QED) is 0.151. The third kappa shape index (κ3) is 8.41. The van der Waals surface area contributed by atoms with Gasteiger partial charge >= 0.3 is 5.97 Å². The fourth-order valence-corrected chi connectivity index (χ4v) is 7.14. The lowest BCUT2D eigenvalue weighted by Gasteiger charge is -2.39. The van der Waals surface area contributed by atoms with Crippen LogP contribution in [0.2, 0.25) is 0 Å². The molecule has 0 radical (unpaired) electrons. The van der Waals surface area contributed by atoms with E-state index in [1.165, 1.54) is 41.7 Å². The Hall–Kier alpha value is -1.25. The third-order valence-electron chi connectivity index (χ3n) is 8.63. The monoisotopic (exact) mass is 597 g/mol. The Morgan fingerprint density at radius 2 is 1.85 bits per heavy atom. The molecule has 3 aliphatic heterocycles. The van der Waals surface area contributed by atoms with Crippen molar-refractivity contribution in [2.45, 2.75) is 98.0 Å². The number of esters is 1. The molecular formula is C32H52ClNO5S. The molecule has 8 heteroatoms. The third-order valence-corrected chi connectivity index (χ3v) is 10.2. The number of morpholine rings is 1. The maximum absolute atomic E-state index is 13.4. The number of carbonyl (C=O) groups is 1. The van der Waals surface area contributed by atoms with Gasteiger partial charge in [0.25, 0.3) is 0 Å². The molecule has 0 aromatic heterocycles. The molecule has 40 heavy (non-hydrogen) atoms. The van der Waals surface area contributed by atoms with Crippen LogP contribution in [0.3, 0.4) is 0 Å².